The molecule has 15 heavy (non-hydrogen) atoms. The first-order valence-corrected chi connectivity index (χ1v) is 5.60. The van der Waals surface area contributed by atoms with Gasteiger partial charge in [-0.3, -0.25) is 0 Å². The van der Waals surface area contributed by atoms with Gasteiger partial charge in [0.15, 0.2) is 0 Å². The molecule has 90 valence electrons. The Morgan fingerprint density at radius 3 is 2.73 bits per heavy atom. The van der Waals surface area contributed by atoms with E-state index in [-0.39, 0.29) is 6.10 Å². The smallest absolute Gasteiger partial charge is 0.0975 e. The summed E-state index contributed by atoms with van der Waals surface area (Å²) in [6.45, 7) is 5.23. The molecule has 1 fully saturated rings. The summed E-state index contributed by atoms with van der Waals surface area (Å²) >= 11 is 0. The molecule has 2 N–H and O–H groups in total. The summed E-state index contributed by atoms with van der Waals surface area (Å²) in [6, 6.07) is 0.618. The third-order valence-corrected chi connectivity index (χ3v) is 2.43. The number of ether oxygens (including phenoxy) is 2. The van der Waals surface area contributed by atoms with Gasteiger partial charge in [0.2, 0.25) is 0 Å². The molecule has 1 aliphatic rings. The van der Waals surface area contributed by atoms with Crippen molar-refractivity contribution in [3.05, 3.63) is 0 Å². The van der Waals surface area contributed by atoms with Gasteiger partial charge in [-0.15, -0.1) is 0 Å². The molecular weight excluding hydrogens is 194 g/mol. The monoisotopic (exact) mass is 217 g/mol. The maximum absolute atomic E-state index is 9.98. The van der Waals surface area contributed by atoms with E-state index in [0.29, 0.717) is 25.8 Å². The van der Waals surface area contributed by atoms with Crippen LogP contribution in [0.4, 0.5) is 0 Å². The van der Waals surface area contributed by atoms with E-state index in [1.54, 1.807) is 14.0 Å². The van der Waals surface area contributed by atoms with Crippen LogP contribution in [0.3, 0.4) is 0 Å². The van der Waals surface area contributed by atoms with E-state index >= 15 is 0 Å². The Balaban J connectivity index is 2.10. The molecule has 2 atom stereocenters. The van der Waals surface area contributed by atoms with Gasteiger partial charge in [-0.05, 0) is 26.7 Å². The van der Waals surface area contributed by atoms with Crippen LogP contribution < -0.4 is 5.32 Å². The van der Waals surface area contributed by atoms with E-state index in [1.807, 2.05) is 6.92 Å². The Morgan fingerprint density at radius 1 is 1.53 bits per heavy atom. The van der Waals surface area contributed by atoms with Gasteiger partial charge >= 0.3 is 0 Å². The van der Waals surface area contributed by atoms with Crippen molar-refractivity contribution in [2.75, 3.05) is 26.9 Å². The second-order valence-corrected chi connectivity index (χ2v) is 4.73. The van der Waals surface area contributed by atoms with E-state index in [2.05, 4.69) is 5.32 Å². The fourth-order valence-electron chi connectivity index (χ4n) is 1.31. The van der Waals surface area contributed by atoms with E-state index < -0.39 is 5.60 Å². The van der Waals surface area contributed by atoms with Crippen LogP contribution >= 0.6 is 0 Å². The van der Waals surface area contributed by atoms with Crippen LogP contribution in [0.15, 0.2) is 0 Å². The number of aliphatic hydroxyl groups is 1. The minimum Gasteiger partial charge on any atom is -0.386 e. The number of rotatable bonds is 8. The SMILES string of the molecule is COCC(C)OCC(C)(O)CNC1CC1. The number of nitrogens with one attached hydrogen (secondary N) is 1. The molecule has 4 heteroatoms. The van der Waals surface area contributed by atoms with Crippen LogP contribution in [0.1, 0.15) is 26.7 Å². The Hall–Kier alpha value is -0.160. The highest BCUT2D eigenvalue weighted by molar-refractivity contribution is 4.85. The van der Waals surface area contributed by atoms with Gasteiger partial charge in [-0.25, -0.2) is 0 Å². The summed E-state index contributed by atoms with van der Waals surface area (Å²) in [5.74, 6) is 0. The number of hydrogen-bond acceptors (Lipinski definition) is 4. The standard InChI is InChI=1S/C11H23NO3/c1-9(6-14-3)15-8-11(2,13)7-12-10-4-5-10/h9-10,12-13H,4-8H2,1-3H3. The third kappa shape index (κ3) is 6.10. The lowest BCUT2D eigenvalue weighted by Crippen LogP contribution is -2.43. The van der Waals surface area contributed by atoms with Crippen molar-refractivity contribution in [1.29, 1.82) is 0 Å². The first-order chi connectivity index (χ1) is 7.03. The quantitative estimate of drug-likeness (QED) is 0.623. The zero-order chi connectivity index (χ0) is 11.3. The van der Waals surface area contributed by atoms with Gasteiger partial charge in [0, 0.05) is 19.7 Å². The van der Waals surface area contributed by atoms with E-state index in [9.17, 15) is 5.11 Å². The van der Waals surface area contributed by atoms with E-state index in [0.717, 1.165) is 0 Å². The van der Waals surface area contributed by atoms with Crippen molar-refractivity contribution >= 4 is 0 Å². The normalized spacial score (nSPS) is 22.4. The average Bonchev–Trinajstić information content (AvgIpc) is 2.96. The van der Waals surface area contributed by atoms with Crippen molar-refractivity contribution in [3.8, 4) is 0 Å². The number of methoxy groups -OCH3 is 1. The van der Waals surface area contributed by atoms with Gasteiger partial charge in [-0.2, -0.15) is 0 Å². The minimum absolute atomic E-state index is 0.0300. The molecule has 0 radical (unpaired) electrons. The van der Waals surface area contributed by atoms with Crippen LogP contribution in [-0.2, 0) is 9.47 Å². The summed E-state index contributed by atoms with van der Waals surface area (Å²) in [5.41, 5.74) is -0.787. The fourth-order valence-corrected chi connectivity index (χ4v) is 1.31. The van der Waals surface area contributed by atoms with E-state index in [4.69, 9.17) is 9.47 Å². The molecule has 2 unspecified atom stereocenters. The first kappa shape index (κ1) is 12.9. The highest BCUT2D eigenvalue weighted by Gasteiger charge is 2.27. The second-order valence-electron chi connectivity index (χ2n) is 4.73. The zero-order valence-electron chi connectivity index (χ0n) is 9.95. The van der Waals surface area contributed by atoms with Crippen LogP contribution in [0.5, 0.6) is 0 Å². The molecule has 4 nitrogen and oxygen atoms in total. The lowest BCUT2D eigenvalue weighted by Gasteiger charge is -2.25. The Bertz CT molecular complexity index is 181. The Morgan fingerprint density at radius 2 is 2.20 bits per heavy atom. The maximum atomic E-state index is 9.98. The van der Waals surface area contributed by atoms with Crippen molar-refractivity contribution in [2.45, 2.75) is 44.4 Å². The molecule has 0 heterocycles. The minimum atomic E-state index is -0.787. The molecule has 0 aromatic carbocycles. The fraction of sp³-hybridized carbons (Fsp3) is 1.00. The van der Waals surface area contributed by atoms with Crippen LogP contribution in [0, 0.1) is 0 Å². The summed E-state index contributed by atoms with van der Waals surface area (Å²) in [4.78, 5) is 0. The van der Waals surface area contributed by atoms with Crippen molar-refractivity contribution in [2.24, 2.45) is 0 Å². The van der Waals surface area contributed by atoms with Crippen molar-refractivity contribution in [3.63, 3.8) is 0 Å². The topological polar surface area (TPSA) is 50.7 Å². The van der Waals surface area contributed by atoms with Crippen LogP contribution in [-0.4, -0.2) is 49.7 Å². The molecule has 0 bridgehead atoms. The Kier molecular flexibility index (Phi) is 4.99. The molecule has 0 spiro atoms. The molecule has 0 aromatic rings. The Labute approximate surface area is 92.0 Å². The summed E-state index contributed by atoms with van der Waals surface area (Å²) in [6.07, 6.45) is 2.50. The van der Waals surface area contributed by atoms with Gasteiger partial charge < -0.3 is 19.9 Å². The molecular formula is C11H23NO3. The lowest BCUT2D eigenvalue weighted by atomic mass is 10.1. The third-order valence-electron chi connectivity index (χ3n) is 2.43. The second kappa shape index (κ2) is 5.80. The van der Waals surface area contributed by atoms with Gasteiger partial charge in [0.05, 0.1) is 24.9 Å². The first-order valence-electron chi connectivity index (χ1n) is 5.60. The lowest BCUT2D eigenvalue weighted by molar-refractivity contribution is -0.0732. The summed E-state index contributed by atoms with van der Waals surface area (Å²) in [5, 5.41) is 13.3. The molecule has 0 aliphatic heterocycles. The highest BCUT2D eigenvalue weighted by atomic mass is 16.5. The molecule has 0 aromatic heterocycles. The summed E-state index contributed by atoms with van der Waals surface area (Å²) < 4.78 is 10.4. The van der Waals surface area contributed by atoms with Crippen LogP contribution in [0.2, 0.25) is 0 Å². The molecule has 1 rings (SSSR count). The van der Waals surface area contributed by atoms with Crippen LogP contribution in [0.25, 0.3) is 0 Å². The molecule has 0 saturated heterocycles. The molecule has 1 aliphatic carbocycles. The molecule has 0 amide bonds. The van der Waals surface area contributed by atoms with Gasteiger partial charge in [-0.1, -0.05) is 0 Å². The molecule has 1 saturated carbocycles. The largest absolute Gasteiger partial charge is 0.386 e. The predicted octanol–water partition coefficient (Wildman–Crippen LogP) is 0.541. The van der Waals surface area contributed by atoms with E-state index in [1.165, 1.54) is 12.8 Å². The zero-order valence-corrected chi connectivity index (χ0v) is 9.95. The average molecular weight is 217 g/mol. The highest BCUT2D eigenvalue weighted by Crippen LogP contribution is 2.19. The van der Waals surface area contributed by atoms with Gasteiger partial charge in [0.1, 0.15) is 0 Å². The van der Waals surface area contributed by atoms with Gasteiger partial charge in [0.25, 0.3) is 0 Å². The van der Waals surface area contributed by atoms with Crippen molar-refractivity contribution < 1.29 is 14.6 Å². The number of hydrogen-bond donors (Lipinski definition) is 2. The maximum Gasteiger partial charge on any atom is 0.0975 e. The summed E-state index contributed by atoms with van der Waals surface area (Å²) in [7, 11) is 1.65. The van der Waals surface area contributed by atoms with Crippen molar-refractivity contribution in [1.82, 2.24) is 5.32 Å². The predicted molar refractivity (Wildman–Crippen MR) is 58.9 cm³/mol.